The standard InChI is InChI=1S/C33H31N4Si.C12H8N.Pt/c1-32(2)25-20-21-33(32,3)31-29(25)30(36-37-31)26-17-12-19-28(35-26)38(23-13-6-4-7-14-23,24-15-8-5-9-16-24)27-18-10-11-22-34-27;1-3-7-11-9(5-1)10-6-2-4-8-12(10)13-11;/h4-19,22,25H,20-21H2,1-3H3;1-8H;/q2*-1;+2. The van der Waals surface area contributed by atoms with E-state index in [0.29, 0.717) is 5.92 Å². The van der Waals surface area contributed by atoms with E-state index in [-0.39, 0.29) is 31.9 Å². The molecule has 2 unspecified atom stereocenters. The second-order valence-electron chi connectivity index (χ2n) is 14.7. The first-order valence-corrected chi connectivity index (χ1v) is 19.9. The van der Waals surface area contributed by atoms with Crippen LogP contribution in [0.15, 0.2) is 152 Å². The van der Waals surface area contributed by atoms with E-state index >= 15 is 0 Å². The van der Waals surface area contributed by atoms with E-state index in [0.717, 1.165) is 33.1 Å². The summed E-state index contributed by atoms with van der Waals surface area (Å²) < 4.78 is 0. The van der Waals surface area contributed by atoms with Gasteiger partial charge in [-0.25, -0.2) is 0 Å². The molecule has 0 amide bonds. The zero-order valence-corrected chi connectivity index (χ0v) is 32.7. The number of hydrogen-bond acceptors (Lipinski definition) is 3. The molecule has 0 saturated heterocycles. The van der Waals surface area contributed by atoms with E-state index in [4.69, 9.17) is 20.2 Å². The van der Waals surface area contributed by atoms with Gasteiger partial charge in [0.2, 0.25) is 8.07 Å². The predicted octanol–water partition coefficient (Wildman–Crippen LogP) is 7.00. The summed E-state index contributed by atoms with van der Waals surface area (Å²) in [5.41, 5.74) is 6.85. The van der Waals surface area contributed by atoms with Crippen molar-refractivity contribution in [1.82, 2.24) is 25.1 Å². The van der Waals surface area contributed by atoms with Crippen molar-refractivity contribution in [3.63, 3.8) is 0 Å². The molecule has 0 radical (unpaired) electrons. The molecule has 4 heterocycles. The van der Waals surface area contributed by atoms with Crippen LogP contribution in [0.3, 0.4) is 0 Å². The number of fused-ring (bicyclic) bond motifs is 8. The van der Waals surface area contributed by atoms with Crippen molar-refractivity contribution in [3.8, 4) is 11.4 Å². The molecule has 5 nitrogen and oxygen atoms in total. The zero-order valence-electron chi connectivity index (χ0n) is 29.5. The molecule has 1 saturated carbocycles. The van der Waals surface area contributed by atoms with Crippen LogP contribution < -0.4 is 31.1 Å². The van der Waals surface area contributed by atoms with Gasteiger partial charge in [-0.15, -0.1) is 11.0 Å². The summed E-state index contributed by atoms with van der Waals surface area (Å²) in [6, 6.07) is 50.8. The van der Waals surface area contributed by atoms with Gasteiger partial charge in [0.05, 0.1) is 0 Å². The average Bonchev–Trinajstić information content (AvgIpc) is 3.89. The summed E-state index contributed by atoms with van der Waals surface area (Å²) in [4.78, 5) is 15.0. The van der Waals surface area contributed by atoms with Crippen LogP contribution in [0.5, 0.6) is 0 Å². The molecule has 0 aliphatic heterocycles. The maximum absolute atomic E-state index is 5.47. The molecule has 0 N–H and O–H groups in total. The minimum Gasteiger partial charge on any atom is -0.657 e. The molecule has 258 valence electrons. The summed E-state index contributed by atoms with van der Waals surface area (Å²) >= 11 is 0. The second-order valence-corrected chi connectivity index (χ2v) is 18.4. The number of benzene rings is 4. The molecule has 1 fully saturated rings. The van der Waals surface area contributed by atoms with Crippen LogP contribution in [0.2, 0.25) is 0 Å². The zero-order chi connectivity index (χ0) is 34.6. The average molecular weight is 873 g/mol. The third kappa shape index (κ3) is 5.10. The molecular weight excluding hydrogens is 834 g/mol. The molecular formula is C45H39N5PtSi. The van der Waals surface area contributed by atoms with Crippen molar-refractivity contribution in [1.29, 1.82) is 0 Å². The van der Waals surface area contributed by atoms with Gasteiger partial charge < -0.3 is 15.2 Å². The van der Waals surface area contributed by atoms with Gasteiger partial charge in [-0.2, -0.15) is 0 Å². The van der Waals surface area contributed by atoms with E-state index in [1.54, 1.807) is 0 Å². The Morgan fingerprint density at radius 3 is 1.83 bits per heavy atom. The fourth-order valence-corrected chi connectivity index (χ4v) is 13.4. The molecule has 2 aliphatic rings. The van der Waals surface area contributed by atoms with Crippen molar-refractivity contribution >= 4 is 50.9 Å². The van der Waals surface area contributed by atoms with Gasteiger partial charge in [0, 0.05) is 33.6 Å². The second kappa shape index (κ2) is 13.3. The smallest absolute Gasteiger partial charge is 0.657 e. The minimum absolute atomic E-state index is 0. The quantitative estimate of drug-likeness (QED) is 0.175. The number of hydrogen-bond donors (Lipinski definition) is 0. The number of nitrogens with zero attached hydrogens (tertiary/aromatic N) is 5. The third-order valence-electron chi connectivity index (χ3n) is 12.0. The summed E-state index contributed by atoms with van der Waals surface area (Å²) in [6.45, 7) is 7.19. The van der Waals surface area contributed by atoms with Crippen LogP contribution in [0.25, 0.3) is 33.2 Å². The van der Waals surface area contributed by atoms with Crippen molar-refractivity contribution in [2.24, 2.45) is 5.41 Å². The van der Waals surface area contributed by atoms with Gasteiger partial charge in [-0.05, 0) is 75.1 Å². The molecule has 8 aromatic rings. The number of rotatable bonds is 5. The SMILES string of the molecule is CC12CCC(c3c1n[n-]c3-c1cccc([Si](c3ccccc3)(c3ccccc3)c3ccccn3)n1)C2(C)C.[Pt+2].c1ccc2c(c1)[n-]c1ccccc12. The van der Waals surface area contributed by atoms with Crippen LogP contribution in [0.1, 0.15) is 50.8 Å². The molecule has 0 spiro atoms. The first-order chi connectivity index (χ1) is 24.9. The van der Waals surface area contributed by atoms with Gasteiger partial charge in [0.15, 0.2) is 0 Å². The van der Waals surface area contributed by atoms with Crippen molar-refractivity contribution < 1.29 is 21.1 Å². The molecule has 2 atom stereocenters. The van der Waals surface area contributed by atoms with Crippen LogP contribution in [-0.2, 0) is 26.5 Å². The summed E-state index contributed by atoms with van der Waals surface area (Å²) in [7, 11) is -2.80. The topological polar surface area (TPSA) is 66.9 Å². The Morgan fingerprint density at radius 1 is 0.635 bits per heavy atom. The van der Waals surface area contributed by atoms with Gasteiger partial charge in [-0.3, -0.25) is 9.97 Å². The van der Waals surface area contributed by atoms with Crippen molar-refractivity contribution in [2.75, 3.05) is 0 Å². The van der Waals surface area contributed by atoms with E-state index in [9.17, 15) is 0 Å². The fourth-order valence-electron chi connectivity index (χ4n) is 9.03. The Kier molecular flexibility index (Phi) is 8.72. The molecule has 52 heavy (non-hydrogen) atoms. The van der Waals surface area contributed by atoms with E-state index < -0.39 is 8.07 Å². The van der Waals surface area contributed by atoms with E-state index in [1.165, 1.54) is 45.2 Å². The Morgan fingerprint density at radius 2 is 1.21 bits per heavy atom. The molecule has 2 aliphatic carbocycles. The summed E-state index contributed by atoms with van der Waals surface area (Å²) in [6.07, 6.45) is 4.28. The fraction of sp³-hybridized carbons (Fsp3) is 0.178. The molecule has 2 bridgehead atoms. The maximum Gasteiger partial charge on any atom is 2.00 e. The minimum atomic E-state index is -2.80. The monoisotopic (exact) mass is 872 g/mol. The van der Waals surface area contributed by atoms with Crippen LogP contribution in [0.4, 0.5) is 0 Å². The van der Waals surface area contributed by atoms with Gasteiger partial charge in [0.1, 0.15) is 0 Å². The Bertz CT molecular complexity index is 2350. The predicted molar refractivity (Wildman–Crippen MR) is 210 cm³/mol. The Labute approximate surface area is 320 Å². The van der Waals surface area contributed by atoms with E-state index in [2.05, 4.69) is 153 Å². The third-order valence-corrected chi connectivity index (χ3v) is 16.5. The first-order valence-electron chi connectivity index (χ1n) is 17.9. The van der Waals surface area contributed by atoms with Gasteiger partial charge in [0.25, 0.3) is 0 Å². The first kappa shape index (κ1) is 34.2. The molecule has 4 aromatic heterocycles. The number of pyridine rings is 2. The van der Waals surface area contributed by atoms with E-state index in [1.807, 2.05) is 24.4 Å². The molecule has 10 rings (SSSR count). The Balaban J connectivity index is 0.000000231. The summed E-state index contributed by atoms with van der Waals surface area (Å²) in [5, 5.41) is 16.8. The Hall–Kier alpha value is -4.90. The van der Waals surface area contributed by atoms with Crippen molar-refractivity contribution in [2.45, 2.75) is 44.9 Å². The van der Waals surface area contributed by atoms with Crippen molar-refractivity contribution in [3.05, 3.63) is 163 Å². The summed E-state index contributed by atoms with van der Waals surface area (Å²) in [5.74, 6) is 0.471. The largest absolute Gasteiger partial charge is 2.00 e. The van der Waals surface area contributed by atoms with Crippen LogP contribution >= 0.6 is 0 Å². The van der Waals surface area contributed by atoms with Crippen LogP contribution in [-0.4, -0.2) is 23.1 Å². The molecule has 4 aromatic carbocycles. The van der Waals surface area contributed by atoms with Gasteiger partial charge >= 0.3 is 21.1 Å². The number of aromatic nitrogens is 5. The normalized spacial score (nSPS) is 18.4. The maximum atomic E-state index is 5.47. The molecule has 7 heteroatoms. The van der Waals surface area contributed by atoms with Gasteiger partial charge in [-0.1, -0.05) is 148 Å². The number of para-hydroxylation sites is 2. The van der Waals surface area contributed by atoms with Crippen LogP contribution in [0, 0.1) is 5.41 Å².